The summed E-state index contributed by atoms with van der Waals surface area (Å²) in [6.45, 7) is 0. The van der Waals surface area contributed by atoms with Gasteiger partial charge in [-0.15, -0.1) is 0 Å². The maximum atomic E-state index is 12.4. The normalized spacial score (nSPS) is 14.3. The van der Waals surface area contributed by atoms with Crippen LogP contribution in [-0.2, 0) is 6.18 Å². The molecule has 1 nitrogen and oxygen atoms in total. The molecule has 1 atom stereocenters. The largest absolute Gasteiger partial charge is 0.416 e. The van der Waals surface area contributed by atoms with Gasteiger partial charge in [-0.1, -0.05) is 12.1 Å². The maximum Gasteiger partial charge on any atom is 0.416 e. The van der Waals surface area contributed by atoms with Gasteiger partial charge in [-0.3, -0.25) is 0 Å². The van der Waals surface area contributed by atoms with E-state index in [1.165, 1.54) is 12.1 Å². The average molecular weight is 299 g/mol. The van der Waals surface area contributed by atoms with Crippen LogP contribution in [0.15, 0.2) is 24.3 Å². The molecule has 0 radical (unpaired) electrons. The minimum atomic E-state index is -4.41. The molecule has 0 heterocycles. The first kappa shape index (κ1) is 16.8. The van der Waals surface area contributed by atoms with Crippen molar-refractivity contribution in [3.05, 3.63) is 35.4 Å². The number of hydrogen-bond donors (Lipinski definition) is 1. The Kier molecular flexibility index (Phi) is 5.44. The van der Waals surface area contributed by atoms with E-state index >= 15 is 0 Å². The van der Waals surface area contributed by atoms with E-state index in [0.29, 0.717) is 5.56 Å². The van der Waals surface area contributed by atoms with Crippen LogP contribution < -0.4 is 5.32 Å². The third kappa shape index (κ3) is 5.40. The molecule has 0 saturated heterocycles. The monoisotopic (exact) mass is 299 g/mol. The highest BCUT2D eigenvalue weighted by Gasteiger charge is 2.30. The molecule has 1 rings (SSSR count). The van der Waals surface area contributed by atoms with E-state index in [0.717, 1.165) is 12.1 Å². The van der Waals surface area contributed by atoms with E-state index in [-0.39, 0.29) is 18.9 Å². The third-order valence-corrected chi connectivity index (χ3v) is 2.94. The zero-order valence-electron chi connectivity index (χ0n) is 10.8. The Balaban J connectivity index is 2.66. The van der Waals surface area contributed by atoms with Crippen LogP contribution >= 0.6 is 0 Å². The summed E-state index contributed by atoms with van der Waals surface area (Å²) in [7, 11) is 1.57. The van der Waals surface area contributed by atoms with Crippen molar-refractivity contribution in [3.8, 4) is 0 Å². The summed E-state index contributed by atoms with van der Waals surface area (Å²) in [5.74, 6) is 0. The molecule has 1 N–H and O–H groups in total. The molecule has 1 aromatic carbocycles. The lowest BCUT2D eigenvalue weighted by Gasteiger charge is -2.18. The minimum Gasteiger partial charge on any atom is -0.313 e. The number of halogens is 6. The van der Waals surface area contributed by atoms with Crippen LogP contribution in [0, 0.1) is 0 Å². The number of alkyl halides is 6. The first-order valence-electron chi connectivity index (χ1n) is 6.04. The number of benzene rings is 1. The molecule has 1 unspecified atom stereocenters. The van der Waals surface area contributed by atoms with Crippen molar-refractivity contribution in [1.82, 2.24) is 5.32 Å². The van der Waals surface area contributed by atoms with Gasteiger partial charge in [-0.25, -0.2) is 0 Å². The fourth-order valence-corrected chi connectivity index (χ4v) is 1.89. The first-order chi connectivity index (χ1) is 9.13. The van der Waals surface area contributed by atoms with Gasteiger partial charge in [0, 0.05) is 12.5 Å². The smallest absolute Gasteiger partial charge is 0.313 e. The molecule has 0 aromatic heterocycles. The van der Waals surface area contributed by atoms with E-state index in [2.05, 4.69) is 5.32 Å². The molecule has 1 aromatic rings. The van der Waals surface area contributed by atoms with Crippen molar-refractivity contribution < 1.29 is 26.3 Å². The van der Waals surface area contributed by atoms with Gasteiger partial charge < -0.3 is 5.32 Å². The molecule has 0 aliphatic rings. The Bertz CT molecular complexity index is 406. The lowest BCUT2D eigenvalue weighted by atomic mass is 9.99. The van der Waals surface area contributed by atoms with Gasteiger partial charge in [0.05, 0.1) is 5.56 Å². The second kappa shape index (κ2) is 6.47. The van der Waals surface area contributed by atoms with Crippen LogP contribution in [0.2, 0.25) is 0 Å². The number of nitrogens with one attached hydrogen (secondary N) is 1. The van der Waals surface area contributed by atoms with Crippen LogP contribution in [0.5, 0.6) is 0 Å². The van der Waals surface area contributed by atoms with Gasteiger partial charge in [-0.2, -0.15) is 26.3 Å². The predicted molar refractivity (Wildman–Crippen MR) is 63.2 cm³/mol. The highest BCUT2D eigenvalue weighted by Crippen LogP contribution is 2.31. The van der Waals surface area contributed by atoms with Gasteiger partial charge in [0.25, 0.3) is 0 Å². The molecule has 0 aliphatic carbocycles. The zero-order chi connectivity index (χ0) is 15.4. The number of rotatable bonds is 5. The number of hydrogen-bond acceptors (Lipinski definition) is 1. The third-order valence-electron chi connectivity index (χ3n) is 2.94. The molecule has 114 valence electrons. The summed E-state index contributed by atoms with van der Waals surface area (Å²) in [5, 5.41) is 2.81. The zero-order valence-corrected chi connectivity index (χ0v) is 10.8. The molecule has 0 saturated carbocycles. The molecule has 0 amide bonds. The van der Waals surface area contributed by atoms with Crippen LogP contribution in [0.25, 0.3) is 0 Å². The summed E-state index contributed by atoms with van der Waals surface area (Å²) >= 11 is 0. The van der Waals surface area contributed by atoms with Crippen molar-refractivity contribution in [2.24, 2.45) is 0 Å². The molecule has 0 fully saturated rings. The lowest BCUT2D eigenvalue weighted by molar-refractivity contribution is -0.138. The highest BCUT2D eigenvalue weighted by molar-refractivity contribution is 5.26. The molecular formula is C13H15F6N. The molecule has 0 aliphatic heterocycles. The summed E-state index contributed by atoms with van der Waals surface area (Å²) in [6, 6.07) is 4.06. The molecule has 7 heteroatoms. The van der Waals surface area contributed by atoms with Crippen molar-refractivity contribution in [2.45, 2.75) is 37.7 Å². The Labute approximate surface area is 113 Å². The van der Waals surface area contributed by atoms with Crippen LogP contribution in [0.4, 0.5) is 26.3 Å². The Hall–Kier alpha value is -1.24. The van der Waals surface area contributed by atoms with Gasteiger partial charge in [0.1, 0.15) is 0 Å². The molecular weight excluding hydrogens is 284 g/mol. The van der Waals surface area contributed by atoms with E-state index in [1.54, 1.807) is 7.05 Å². The topological polar surface area (TPSA) is 12.0 Å². The van der Waals surface area contributed by atoms with Gasteiger partial charge in [-0.05, 0) is 37.6 Å². The Morgan fingerprint density at radius 2 is 1.55 bits per heavy atom. The van der Waals surface area contributed by atoms with Crippen molar-refractivity contribution in [1.29, 1.82) is 0 Å². The van der Waals surface area contributed by atoms with E-state index in [4.69, 9.17) is 0 Å². The molecule has 0 spiro atoms. The average Bonchev–Trinajstić information content (AvgIpc) is 2.32. The second-order valence-electron chi connectivity index (χ2n) is 4.47. The highest BCUT2D eigenvalue weighted by atomic mass is 19.4. The van der Waals surface area contributed by atoms with Crippen LogP contribution in [0.3, 0.4) is 0 Å². The van der Waals surface area contributed by atoms with Gasteiger partial charge in [0.15, 0.2) is 0 Å². The van der Waals surface area contributed by atoms with Crippen molar-refractivity contribution in [2.75, 3.05) is 7.05 Å². The summed E-state index contributed by atoms with van der Waals surface area (Å²) < 4.78 is 73.3. The minimum absolute atomic E-state index is 0.0734. The summed E-state index contributed by atoms with van der Waals surface area (Å²) in [4.78, 5) is 0. The molecule has 0 bridgehead atoms. The predicted octanol–water partition coefficient (Wildman–Crippen LogP) is 4.70. The molecule has 20 heavy (non-hydrogen) atoms. The van der Waals surface area contributed by atoms with Crippen LogP contribution in [-0.4, -0.2) is 13.2 Å². The van der Waals surface area contributed by atoms with Crippen molar-refractivity contribution >= 4 is 0 Å². The summed E-state index contributed by atoms with van der Waals surface area (Å²) in [5.41, 5.74) is -0.228. The standard InChI is InChI=1S/C13H15F6N/c1-20-11(3-2-8-12(14,15)16)9-4-6-10(7-5-9)13(17,18)19/h4-7,11,20H,2-3,8H2,1H3. The lowest BCUT2D eigenvalue weighted by Crippen LogP contribution is -2.18. The fourth-order valence-electron chi connectivity index (χ4n) is 1.89. The van der Waals surface area contributed by atoms with Crippen molar-refractivity contribution in [3.63, 3.8) is 0 Å². The fraction of sp³-hybridized carbons (Fsp3) is 0.538. The van der Waals surface area contributed by atoms with Gasteiger partial charge in [0.2, 0.25) is 0 Å². The summed E-state index contributed by atoms with van der Waals surface area (Å²) in [6.07, 6.45) is -9.38. The quantitative estimate of drug-likeness (QED) is 0.777. The van der Waals surface area contributed by atoms with E-state index in [9.17, 15) is 26.3 Å². The Morgan fingerprint density at radius 3 is 1.95 bits per heavy atom. The van der Waals surface area contributed by atoms with E-state index < -0.39 is 24.3 Å². The Morgan fingerprint density at radius 1 is 1.00 bits per heavy atom. The first-order valence-corrected chi connectivity index (χ1v) is 6.04. The van der Waals surface area contributed by atoms with Gasteiger partial charge >= 0.3 is 12.4 Å². The van der Waals surface area contributed by atoms with Crippen LogP contribution in [0.1, 0.15) is 36.4 Å². The maximum absolute atomic E-state index is 12.4. The van der Waals surface area contributed by atoms with E-state index in [1.807, 2.05) is 0 Å². The second-order valence-corrected chi connectivity index (χ2v) is 4.47. The SMILES string of the molecule is CNC(CCCC(F)(F)F)c1ccc(C(F)(F)F)cc1.